The Hall–Kier alpha value is -5.23. The molecule has 6 aromatic carbocycles. The average molecular weight is 674 g/mol. The molecule has 8 aromatic rings. The van der Waals surface area contributed by atoms with Crippen LogP contribution in [0.3, 0.4) is 0 Å². The van der Waals surface area contributed by atoms with Crippen molar-refractivity contribution in [2.75, 3.05) is 0 Å². The molecule has 0 aliphatic heterocycles. The van der Waals surface area contributed by atoms with Gasteiger partial charge in [0.05, 0.1) is 11.0 Å². The van der Waals surface area contributed by atoms with Gasteiger partial charge in [-0.2, -0.15) is 0 Å². The largest absolute Gasteiger partial charge is 0.457 e. The summed E-state index contributed by atoms with van der Waals surface area (Å²) in [6.45, 7) is 0. The third-order valence-electron chi connectivity index (χ3n) is 8.71. The molecule has 46 heavy (non-hydrogen) atoms. The quantitative estimate of drug-likeness (QED) is 0.126. The standard InChI is InChI=1S/C41H29BrN2OSi/c42-30-13-12-14-31(27-30)45-32-23-24-38-37-21-10-11-22-39(37)44(40(38)28-32)41-29-36(25-26-43-41)46(33-15-4-1-5-16-33,34-17-6-2-7-18-34)35-19-8-3-9-20-35/h1-29H. The second-order valence-electron chi connectivity index (χ2n) is 11.3. The van der Waals surface area contributed by atoms with Crippen molar-refractivity contribution in [3.05, 3.63) is 181 Å². The third-order valence-corrected chi connectivity index (χ3v) is 14.0. The number of benzene rings is 6. The van der Waals surface area contributed by atoms with Crippen molar-refractivity contribution in [3.8, 4) is 17.3 Å². The van der Waals surface area contributed by atoms with Crippen molar-refractivity contribution >= 4 is 66.6 Å². The Morgan fingerprint density at radius 1 is 0.478 bits per heavy atom. The number of rotatable bonds is 7. The van der Waals surface area contributed by atoms with Crippen LogP contribution in [0.15, 0.2) is 181 Å². The lowest BCUT2D eigenvalue weighted by Crippen LogP contribution is -2.74. The highest BCUT2D eigenvalue weighted by Gasteiger charge is 2.41. The van der Waals surface area contributed by atoms with Crippen LogP contribution in [0.4, 0.5) is 0 Å². The van der Waals surface area contributed by atoms with Gasteiger partial charge in [0.2, 0.25) is 0 Å². The molecule has 0 aliphatic carbocycles. The maximum Gasteiger partial charge on any atom is 0.179 e. The highest BCUT2D eigenvalue weighted by Crippen LogP contribution is 2.35. The molecule has 5 heteroatoms. The number of hydrogen-bond acceptors (Lipinski definition) is 2. The summed E-state index contributed by atoms with van der Waals surface area (Å²) in [6, 6.07) is 60.3. The van der Waals surface area contributed by atoms with Crippen molar-refractivity contribution in [2.24, 2.45) is 0 Å². The maximum atomic E-state index is 6.35. The predicted molar refractivity (Wildman–Crippen MR) is 196 cm³/mol. The first-order valence-corrected chi connectivity index (χ1v) is 18.1. The van der Waals surface area contributed by atoms with E-state index in [1.54, 1.807) is 0 Å². The fourth-order valence-electron chi connectivity index (χ4n) is 6.77. The van der Waals surface area contributed by atoms with Crippen LogP contribution in [0.25, 0.3) is 27.6 Å². The molecular formula is C41H29BrN2OSi. The second kappa shape index (κ2) is 11.9. The zero-order chi connectivity index (χ0) is 30.9. The van der Waals surface area contributed by atoms with Gasteiger partial charge in [0.1, 0.15) is 17.3 Å². The first kappa shape index (κ1) is 28.3. The Labute approximate surface area is 277 Å². The van der Waals surface area contributed by atoms with Crippen LogP contribution in [-0.2, 0) is 0 Å². The highest BCUT2D eigenvalue weighted by atomic mass is 79.9. The molecule has 3 nitrogen and oxygen atoms in total. The topological polar surface area (TPSA) is 27.1 Å². The van der Waals surface area contributed by atoms with E-state index in [4.69, 9.17) is 9.72 Å². The van der Waals surface area contributed by atoms with E-state index in [9.17, 15) is 0 Å². The molecule has 2 aromatic heterocycles. The first-order chi connectivity index (χ1) is 22.7. The van der Waals surface area contributed by atoms with Gasteiger partial charge in [-0.05, 0) is 69.3 Å². The minimum absolute atomic E-state index is 0.771. The van der Waals surface area contributed by atoms with Crippen LogP contribution in [0.2, 0.25) is 0 Å². The van der Waals surface area contributed by atoms with Crippen molar-refractivity contribution in [1.82, 2.24) is 9.55 Å². The Balaban J connectivity index is 1.39. The van der Waals surface area contributed by atoms with Gasteiger partial charge in [-0.25, -0.2) is 4.98 Å². The molecule has 0 radical (unpaired) electrons. The number of hydrogen-bond donors (Lipinski definition) is 0. The lowest BCUT2D eigenvalue weighted by atomic mass is 10.1. The molecule has 0 amide bonds. The monoisotopic (exact) mass is 672 g/mol. The van der Waals surface area contributed by atoms with E-state index in [1.165, 1.54) is 26.1 Å². The van der Waals surface area contributed by atoms with Gasteiger partial charge in [0, 0.05) is 27.5 Å². The van der Waals surface area contributed by atoms with E-state index in [-0.39, 0.29) is 0 Å². The van der Waals surface area contributed by atoms with E-state index in [1.807, 2.05) is 36.5 Å². The maximum absolute atomic E-state index is 6.35. The SMILES string of the molecule is Brc1cccc(Oc2ccc3c4ccccc4n(-c4cc([Si](c5ccccc5)(c5ccccc5)c5ccccc5)ccn4)c3c2)c1. The van der Waals surface area contributed by atoms with Crippen LogP contribution < -0.4 is 25.5 Å². The number of para-hydroxylation sites is 1. The van der Waals surface area contributed by atoms with Crippen LogP contribution >= 0.6 is 15.9 Å². The summed E-state index contributed by atoms with van der Waals surface area (Å²) in [5.41, 5.74) is 2.15. The Morgan fingerprint density at radius 3 is 1.72 bits per heavy atom. The first-order valence-electron chi connectivity index (χ1n) is 15.3. The van der Waals surface area contributed by atoms with Crippen molar-refractivity contribution in [3.63, 3.8) is 0 Å². The second-order valence-corrected chi connectivity index (χ2v) is 16.1. The van der Waals surface area contributed by atoms with Gasteiger partial charge in [-0.1, -0.05) is 131 Å². The third kappa shape index (κ3) is 4.85. The van der Waals surface area contributed by atoms with Gasteiger partial charge in [-0.15, -0.1) is 0 Å². The van der Waals surface area contributed by atoms with Crippen LogP contribution in [0.1, 0.15) is 0 Å². The zero-order valence-corrected chi connectivity index (χ0v) is 27.5. The molecule has 0 aliphatic rings. The van der Waals surface area contributed by atoms with Crippen molar-refractivity contribution in [1.29, 1.82) is 0 Å². The van der Waals surface area contributed by atoms with Gasteiger partial charge < -0.3 is 4.74 Å². The number of ether oxygens (including phenoxy) is 1. The molecule has 2 heterocycles. The van der Waals surface area contributed by atoms with E-state index >= 15 is 0 Å². The molecule has 0 bridgehead atoms. The average Bonchev–Trinajstić information content (AvgIpc) is 3.44. The van der Waals surface area contributed by atoms with Crippen LogP contribution in [0, 0.1) is 0 Å². The van der Waals surface area contributed by atoms with Crippen LogP contribution in [-0.4, -0.2) is 17.6 Å². The summed E-state index contributed by atoms with van der Waals surface area (Å²) in [5.74, 6) is 2.43. The summed E-state index contributed by atoms with van der Waals surface area (Å²) >= 11 is 3.56. The molecule has 0 saturated heterocycles. The molecule has 0 N–H and O–H groups in total. The fraction of sp³-hybridized carbons (Fsp3) is 0. The van der Waals surface area contributed by atoms with E-state index in [0.717, 1.165) is 38.2 Å². The van der Waals surface area contributed by atoms with Crippen LogP contribution in [0.5, 0.6) is 11.5 Å². The number of nitrogens with zero attached hydrogens (tertiary/aromatic N) is 2. The molecule has 0 atom stereocenters. The number of halogens is 1. The van der Waals surface area contributed by atoms with E-state index in [0.29, 0.717) is 0 Å². The lowest BCUT2D eigenvalue weighted by molar-refractivity contribution is 0.483. The molecule has 220 valence electrons. The number of fused-ring (bicyclic) bond motifs is 3. The fourth-order valence-corrected chi connectivity index (χ4v) is 11.9. The molecular weight excluding hydrogens is 644 g/mol. The predicted octanol–water partition coefficient (Wildman–Crippen LogP) is 8.11. The Kier molecular flexibility index (Phi) is 7.33. The van der Waals surface area contributed by atoms with E-state index < -0.39 is 8.07 Å². The summed E-state index contributed by atoms with van der Waals surface area (Å²) < 4.78 is 9.60. The lowest BCUT2D eigenvalue weighted by Gasteiger charge is -2.34. The zero-order valence-electron chi connectivity index (χ0n) is 24.9. The minimum Gasteiger partial charge on any atom is -0.457 e. The molecule has 0 saturated carbocycles. The van der Waals surface area contributed by atoms with Gasteiger partial charge in [0.15, 0.2) is 8.07 Å². The van der Waals surface area contributed by atoms with Gasteiger partial charge in [-0.3, -0.25) is 4.57 Å². The van der Waals surface area contributed by atoms with Crippen molar-refractivity contribution < 1.29 is 4.74 Å². The number of aromatic nitrogens is 2. The molecule has 0 unspecified atom stereocenters. The van der Waals surface area contributed by atoms with E-state index in [2.05, 4.69) is 160 Å². The van der Waals surface area contributed by atoms with Crippen molar-refractivity contribution in [2.45, 2.75) is 0 Å². The van der Waals surface area contributed by atoms with Gasteiger partial charge >= 0.3 is 0 Å². The normalized spacial score (nSPS) is 11.6. The summed E-state index contributed by atoms with van der Waals surface area (Å²) in [6.07, 6.45) is 1.98. The minimum atomic E-state index is -2.73. The summed E-state index contributed by atoms with van der Waals surface area (Å²) in [5, 5.41) is 7.59. The highest BCUT2D eigenvalue weighted by molar-refractivity contribution is 9.10. The smallest absolute Gasteiger partial charge is 0.179 e. The Morgan fingerprint density at radius 2 is 1.07 bits per heavy atom. The van der Waals surface area contributed by atoms with Gasteiger partial charge in [0.25, 0.3) is 0 Å². The Bertz CT molecular complexity index is 2210. The summed E-state index contributed by atoms with van der Waals surface area (Å²) in [7, 11) is -2.73. The molecule has 8 rings (SSSR count). The molecule has 0 spiro atoms. The summed E-state index contributed by atoms with van der Waals surface area (Å²) in [4.78, 5) is 5.04. The number of pyridine rings is 1. The molecule has 0 fully saturated rings.